The molecule has 0 aromatic heterocycles. The van der Waals surface area contributed by atoms with E-state index in [9.17, 15) is 9.90 Å². The van der Waals surface area contributed by atoms with Gasteiger partial charge < -0.3 is 15.7 Å². The normalized spacial score (nSPS) is 30.2. The summed E-state index contributed by atoms with van der Waals surface area (Å²) < 4.78 is 0. The first-order valence-electron chi connectivity index (χ1n) is 7.82. The maximum absolute atomic E-state index is 12.0. The van der Waals surface area contributed by atoms with Gasteiger partial charge in [-0.05, 0) is 50.6 Å². The van der Waals surface area contributed by atoms with Crippen LogP contribution in [0.1, 0.15) is 45.4 Å². The summed E-state index contributed by atoms with van der Waals surface area (Å²) in [5, 5.41) is 16.1. The van der Waals surface area contributed by atoms with Gasteiger partial charge in [0.1, 0.15) is 0 Å². The Hall–Kier alpha value is -0.610. The molecule has 4 heteroatoms. The Morgan fingerprint density at radius 2 is 2.05 bits per heavy atom. The SMILES string of the molecule is CC(CC(=O)NCC1CCCC1O)C1CCNCC1. The van der Waals surface area contributed by atoms with E-state index in [-0.39, 0.29) is 17.9 Å². The molecule has 3 atom stereocenters. The van der Waals surface area contributed by atoms with E-state index >= 15 is 0 Å². The molecule has 1 saturated heterocycles. The summed E-state index contributed by atoms with van der Waals surface area (Å²) in [5.74, 6) is 1.59. The van der Waals surface area contributed by atoms with Crippen LogP contribution in [-0.2, 0) is 4.79 Å². The highest BCUT2D eigenvalue weighted by atomic mass is 16.3. The lowest BCUT2D eigenvalue weighted by molar-refractivity contribution is -0.122. The minimum absolute atomic E-state index is 0.158. The van der Waals surface area contributed by atoms with E-state index in [4.69, 9.17) is 0 Å². The van der Waals surface area contributed by atoms with Crippen molar-refractivity contribution in [1.29, 1.82) is 0 Å². The van der Waals surface area contributed by atoms with Crippen LogP contribution in [0.3, 0.4) is 0 Å². The molecule has 1 heterocycles. The molecule has 0 aromatic rings. The Morgan fingerprint density at radius 3 is 2.68 bits per heavy atom. The van der Waals surface area contributed by atoms with Gasteiger partial charge in [-0.2, -0.15) is 0 Å². The van der Waals surface area contributed by atoms with E-state index in [1.807, 2.05) is 0 Å². The lowest BCUT2D eigenvalue weighted by atomic mass is 9.84. The van der Waals surface area contributed by atoms with E-state index in [0.29, 0.717) is 24.8 Å². The van der Waals surface area contributed by atoms with Crippen molar-refractivity contribution in [3.8, 4) is 0 Å². The van der Waals surface area contributed by atoms with E-state index in [1.165, 1.54) is 12.8 Å². The van der Waals surface area contributed by atoms with Crippen LogP contribution in [0.4, 0.5) is 0 Å². The van der Waals surface area contributed by atoms with Gasteiger partial charge in [0.05, 0.1) is 6.10 Å². The zero-order valence-electron chi connectivity index (χ0n) is 12.0. The number of hydrogen-bond donors (Lipinski definition) is 3. The molecule has 0 aromatic carbocycles. The van der Waals surface area contributed by atoms with Crippen LogP contribution in [0.15, 0.2) is 0 Å². The second kappa shape index (κ2) is 7.25. The molecule has 1 amide bonds. The van der Waals surface area contributed by atoms with E-state index in [2.05, 4.69) is 17.6 Å². The number of nitrogens with one attached hydrogen (secondary N) is 2. The first kappa shape index (κ1) is 14.8. The van der Waals surface area contributed by atoms with Gasteiger partial charge in [0.25, 0.3) is 0 Å². The molecular weight excluding hydrogens is 240 g/mol. The minimum atomic E-state index is -0.206. The summed E-state index contributed by atoms with van der Waals surface area (Å²) in [7, 11) is 0. The van der Waals surface area contributed by atoms with Gasteiger partial charge in [-0.1, -0.05) is 13.3 Å². The third kappa shape index (κ3) is 4.46. The number of rotatable bonds is 5. The van der Waals surface area contributed by atoms with E-state index in [1.54, 1.807) is 0 Å². The highest BCUT2D eigenvalue weighted by Crippen LogP contribution is 2.26. The number of piperidine rings is 1. The molecule has 2 rings (SSSR count). The second-order valence-electron chi connectivity index (χ2n) is 6.33. The van der Waals surface area contributed by atoms with Gasteiger partial charge in [0.2, 0.25) is 5.91 Å². The molecule has 2 fully saturated rings. The van der Waals surface area contributed by atoms with Crippen molar-refractivity contribution in [2.45, 2.75) is 51.6 Å². The highest BCUT2D eigenvalue weighted by Gasteiger charge is 2.26. The molecule has 1 saturated carbocycles. The highest BCUT2D eigenvalue weighted by molar-refractivity contribution is 5.76. The van der Waals surface area contributed by atoms with Crippen LogP contribution in [-0.4, -0.2) is 36.8 Å². The van der Waals surface area contributed by atoms with Gasteiger partial charge in [-0.25, -0.2) is 0 Å². The molecule has 110 valence electrons. The van der Waals surface area contributed by atoms with Crippen LogP contribution in [0, 0.1) is 17.8 Å². The predicted molar refractivity (Wildman–Crippen MR) is 75.7 cm³/mol. The van der Waals surface area contributed by atoms with Gasteiger partial charge in [-0.3, -0.25) is 4.79 Å². The molecular formula is C15H28N2O2. The first-order chi connectivity index (χ1) is 9.16. The first-order valence-corrected chi connectivity index (χ1v) is 7.82. The third-order valence-corrected chi connectivity index (χ3v) is 4.88. The second-order valence-corrected chi connectivity index (χ2v) is 6.33. The van der Waals surface area contributed by atoms with Crippen LogP contribution in [0.5, 0.6) is 0 Å². The van der Waals surface area contributed by atoms with Crippen molar-refractivity contribution in [3.05, 3.63) is 0 Å². The molecule has 3 N–H and O–H groups in total. The summed E-state index contributed by atoms with van der Waals surface area (Å²) >= 11 is 0. The summed E-state index contributed by atoms with van der Waals surface area (Å²) in [5.41, 5.74) is 0. The van der Waals surface area contributed by atoms with Crippen molar-refractivity contribution in [1.82, 2.24) is 10.6 Å². The van der Waals surface area contributed by atoms with Crippen molar-refractivity contribution < 1.29 is 9.90 Å². The topological polar surface area (TPSA) is 61.4 Å². The average molecular weight is 268 g/mol. The molecule has 2 aliphatic rings. The van der Waals surface area contributed by atoms with Crippen molar-refractivity contribution in [2.75, 3.05) is 19.6 Å². The molecule has 3 unspecified atom stereocenters. The quantitative estimate of drug-likeness (QED) is 0.704. The Labute approximate surface area is 116 Å². The van der Waals surface area contributed by atoms with Gasteiger partial charge in [-0.15, -0.1) is 0 Å². The molecule has 19 heavy (non-hydrogen) atoms. The smallest absolute Gasteiger partial charge is 0.220 e. The summed E-state index contributed by atoms with van der Waals surface area (Å²) in [6.07, 6.45) is 5.84. The molecule has 1 aliphatic carbocycles. The third-order valence-electron chi connectivity index (χ3n) is 4.88. The zero-order valence-corrected chi connectivity index (χ0v) is 12.0. The van der Waals surface area contributed by atoms with Gasteiger partial charge in [0.15, 0.2) is 0 Å². The zero-order chi connectivity index (χ0) is 13.7. The number of carbonyl (C=O) groups excluding carboxylic acids is 1. The van der Waals surface area contributed by atoms with Crippen LogP contribution in [0.2, 0.25) is 0 Å². The number of aliphatic hydroxyl groups excluding tert-OH is 1. The van der Waals surface area contributed by atoms with Gasteiger partial charge in [0, 0.05) is 18.9 Å². The Balaban J connectivity index is 1.65. The molecule has 4 nitrogen and oxygen atoms in total. The molecule has 1 aliphatic heterocycles. The fourth-order valence-corrected chi connectivity index (χ4v) is 3.44. The van der Waals surface area contributed by atoms with Crippen LogP contribution >= 0.6 is 0 Å². The Morgan fingerprint density at radius 1 is 1.32 bits per heavy atom. The maximum Gasteiger partial charge on any atom is 0.220 e. The molecule has 0 spiro atoms. The van der Waals surface area contributed by atoms with E-state index < -0.39 is 0 Å². The number of amides is 1. The van der Waals surface area contributed by atoms with Crippen molar-refractivity contribution >= 4 is 5.91 Å². The Bertz CT molecular complexity index is 290. The summed E-state index contributed by atoms with van der Waals surface area (Å²) in [6, 6.07) is 0. The summed E-state index contributed by atoms with van der Waals surface area (Å²) in [6.45, 7) is 5.02. The molecule has 0 radical (unpaired) electrons. The molecule has 0 bridgehead atoms. The fourth-order valence-electron chi connectivity index (χ4n) is 3.44. The minimum Gasteiger partial charge on any atom is -0.393 e. The van der Waals surface area contributed by atoms with Crippen molar-refractivity contribution in [2.24, 2.45) is 17.8 Å². The monoisotopic (exact) mass is 268 g/mol. The maximum atomic E-state index is 12.0. The number of carbonyl (C=O) groups is 1. The average Bonchev–Trinajstić information content (AvgIpc) is 2.83. The Kier molecular flexibility index (Phi) is 5.64. The standard InChI is InChI=1S/C15H28N2O2/c1-11(12-5-7-16-8-6-12)9-15(19)17-10-13-3-2-4-14(13)18/h11-14,16,18H,2-10H2,1H3,(H,17,19). The number of aliphatic hydroxyl groups is 1. The van der Waals surface area contributed by atoms with Crippen molar-refractivity contribution in [3.63, 3.8) is 0 Å². The van der Waals surface area contributed by atoms with Gasteiger partial charge >= 0.3 is 0 Å². The fraction of sp³-hybridized carbons (Fsp3) is 0.933. The predicted octanol–water partition coefficient (Wildman–Crippen LogP) is 1.29. The lowest BCUT2D eigenvalue weighted by Crippen LogP contribution is -2.36. The lowest BCUT2D eigenvalue weighted by Gasteiger charge is -2.28. The largest absolute Gasteiger partial charge is 0.393 e. The van der Waals surface area contributed by atoms with Crippen LogP contribution in [0.25, 0.3) is 0 Å². The van der Waals surface area contributed by atoms with Crippen LogP contribution < -0.4 is 10.6 Å². The number of hydrogen-bond acceptors (Lipinski definition) is 3. The van der Waals surface area contributed by atoms with E-state index in [0.717, 1.165) is 32.4 Å². The summed E-state index contributed by atoms with van der Waals surface area (Å²) in [4.78, 5) is 12.0.